The summed E-state index contributed by atoms with van der Waals surface area (Å²) in [6.07, 6.45) is 0. The summed E-state index contributed by atoms with van der Waals surface area (Å²) in [5, 5.41) is 6.70. The molecule has 7 nitrogen and oxygen atoms in total. The zero-order valence-electron chi connectivity index (χ0n) is 18.8. The number of anilines is 1. The van der Waals surface area contributed by atoms with Gasteiger partial charge in [0.05, 0.1) is 24.5 Å². The van der Waals surface area contributed by atoms with Gasteiger partial charge in [-0.15, -0.1) is 22.7 Å². The molecule has 0 radical (unpaired) electrons. The number of fused-ring (bicyclic) bond motifs is 1. The second-order valence-electron chi connectivity index (χ2n) is 7.69. The lowest BCUT2D eigenvalue weighted by Crippen LogP contribution is -2.22. The molecule has 1 atom stereocenters. The molecule has 0 aliphatic rings. The van der Waals surface area contributed by atoms with E-state index in [1.165, 1.54) is 18.4 Å². The Balaban J connectivity index is 1.62. The molecular formula is C24H24N4O3S2. The minimum absolute atomic E-state index is 0.149. The molecule has 4 rings (SSSR count). The minimum atomic E-state index is -0.507. The molecule has 0 bridgehead atoms. The van der Waals surface area contributed by atoms with Gasteiger partial charge in [0, 0.05) is 28.6 Å². The van der Waals surface area contributed by atoms with E-state index in [4.69, 9.17) is 9.72 Å². The Morgan fingerprint density at radius 1 is 1.15 bits per heavy atom. The highest BCUT2D eigenvalue weighted by atomic mass is 32.1. The average Bonchev–Trinajstić information content (AvgIpc) is 3.42. The third kappa shape index (κ3) is 4.95. The Hall–Kier alpha value is -3.14. The first-order chi connectivity index (χ1) is 15.9. The molecule has 9 heteroatoms. The molecule has 3 aromatic heterocycles. The normalized spacial score (nSPS) is 12.2. The minimum Gasteiger partial charge on any atom is -0.465 e. The number of carbonyl (C=O) groups is 2. The van der Waals surface area contributed by atoms with Gasteiger partial charge in [-0.2, -0.15) is 0 Å². The van der Waals surface area contributed by atoms with E-state index in [1.807, 2.05) is 32.2 Å². The Labute approximate surface area is 200 Å². The first kappa shape index (κ1) is 23.0. The van der Waals surface area contributed by atoms with Crippen LogP contribution in [-0.4, -0.2) is 40.9 Å². The maximum absolute atomic E-state index is 12.8. The molecular weight excluding hydrogens is 456 g/mol. The second kappa shape index (κ2) is 9.78. The van der Waals surface area contributed by atoms with E-state index in [0.717, 1.165) is 16.4 Å². The molecule has 1 N–H and O–H groups in total. The van der Waals surface area contributed by atoms with Crippen LogP contribution in [0.4, 0.5) is 5.69 Å². The summed E-state index contributed by atoms with van der Waals surface area (Å²) >= 11 is 2.87. The van der Waals surface area contributed by atoms with Crippen LogP contribution in [0.5, 0.6) is 0 Å². The molecule has 0 spiro atoms. The Morgan fingerprint density at radius 2 is 1.91 bits per heavy atom. The smallest absolute Gasteiger partial charge is 0.350 e. The van der Waals surface area contributed by atoms with E-state index >= 15 is 0 Å². The van der Waals surface area contributed by atoms with Crippen LogP contribution >= 0.6 is 22.7 Å². The van der Waals surface area contributed by atoms with Crippen LogP contribution in [0.1, 0.15) is 49.4 Å². The molecule has 0 unspecified atom stereocenters. The summed E-state index contributed by atoms with van der Waals surface area (Å²) in [5.41, 5.74) is 2.82. The summed E-state index contributed by atoms with van der Waals surface area (Å²) in [4.78, 5) is 37.7. The standard InChI is InChI=1S/C24H24N4O3S2/c1-14-13-32-22(25-14)15(2)28(3)12-17-10-11-18-19(20(24(30)31-4)33-23(18)26-17)27-21(29)16-8-6-5-7-9-16/h5-11,13,15H,12H2,1-4H3,(H,27,29)/t15-/m0/s1. The second-order valence-corrected chi connectivity index (χ2v) is 9.58. The molecule has 33 heavy (non-hydrogen) atoms. The monoisotopic (exact) mass is 480 g/mol. The van der Waals surface area contributed by atoms with Crippen molar-refractivity contribution in [1.82, 2.24) is 14.9 Å². The molecule has 0 saturated carbocycles. The van der Waals surface area contributed by atoms with Crippen LogP contribution in [0.2, 0.25) is 0 Å². The van der Waals surface area contributed by atoms with Crippen molar-refractivity contribution in [1.29, 1.82) is 0 Å². The highest BCUT2D eigenvalue weighted by Gasteiger charge is 2.23. The van der Waals surface area contributed by atoms with E-state index in [-0.39, 0.29) is 11.9 Å². The molecule has 0 aliphatic heterocycles. The number of esters is 1. The predicted octanol–water partition coefficient (Wildman–Crippen LogP) is 5.29. The molecule has 1 aromatic carbocycles. The number of aryl methyl sites for hydroxylation is 1. The summed E-state index contributed by atoms with van der Waals surface area (Å²) < 4.78 is 4.95. The zero-order valence-corrected chi connectivity index (χ0v) is 20.4. The summed E-state index contributed by atoms with van der Waals surface area (Å²) in [6, 6.07) is 12.8. The number of benzene rings is 1. The van der Waals surface area contributed by atoms with Gasteiger partial charge in [0.1, 0.15) is 14.7 Å². The number of pyridine rings is 1. The summed E-state index contributed by atoms with van der Waals surface area (Å²) in [6.45, 7) is 4.73. The predicted molar refractivity (Wildman–Crippen MR) is 132 cm³/mol. The highest BCUT2D eigenvalue weighted by molar-refractivity contribution is 7.21. The van der Waals surface area contributed by atoms with Crippen LogP contribution in [0.15, 0.2) is 47.8 Å². The van der Waals surface area contributed by atoms with Crippen molar-refractivity contribution in [3.05, 3.63) is 74.7 Å². The summed E-state index contributed by atoms with van der Waals surface area (Å²) in [7, 11) is 3.36. The topological polar surface area (TPSA) is 84.4 Å². The molecule has 0 fully saturated rings. The number of aromatic nitrogens is 2. The maximum Gasteiger partial charge on any atom is 0.350 e. The van der Waals surface area contributed by atoms with Crippen molar-refractivity contribution in [2.24, 2.45) is 0 Å². The van der Waals surface area contributed by atoms with Gasteiger partial charge in [-0.05, 0) is 45.2 Å². The average molecular weight is 481 g/mol. The van der Waals surface area contributed by atoms with Crippen molar-refractivity contribution in [2.75, 3.05) is 19.5 Å². The SMILES string of the molecule is COC(=O)c1sc2nc(CN(C)[C@@H](C)c3nc(C)cs3)ccc2c1NC(=O)c1ccccc1. The van der Waals surface area contributed by atoms with E-state index in [2.05, 4.69) is 27.5 Å². The Morgan fingerprint density at radius 3 is 2.58 bits per heavy atom. The molecule has 4 aromatic rings. The third-order valence-corrected chi connectivity index (χ3v) is 7.54. The number of carbonyl (C=O) groups excluding carboxylic acids is 2. The summed E-state index contributed by atoms with van der Waals surface area (Å²) in [5.74, 6) is -0.801. The Kier molecular flexibility index (Phi) is 6.83. The number of amides is 1. The highest BCUT2D eigenvalue weighted by Crippen LogP contribution is 2.36. The lowest BCUT2D eigenvalue weighted by Gasteiger charge is -2.22. The van der Waals surface area contributed by atoms with Crippen molar-refractivity contribution < 1.29 is 14.3 Å². The largest absolute Gasteiger partial charge is 0.465 e. The number of hydrogen-bond donors (Lipinski definition) is 1. The molecule has 1 amide bonds. The van der Waals surface area contributed by atoms with Gasteiger partial charge in [-0.1, -0.05) is 18.2 Å². The number of thiazole rings is 1. The Bertz CT molecular complexity index is 1300. The lowest BCUT2D eigenvalue weighted by molar-refractivity contribution is 0.0607. The van der Waals surface area contributed by atoms with Gasteiger partial charge in [-0.3, -0.25) is 9.69 Å². The fraction of sp³-hybridized carbons (Fsp3) is 0.250. The fourth-order valence-corrected chi connectivity index (χ4v) is 5.37. The van der Waals surface area contributed by atoms with Gasteiger partial charge in [-0.25, -0.2) is 14.8 Å². The molecule has 3 heterocycles. The van der Waals surface area contributed by atoms with Gasteiger partial charge < -0.3 is 10.1 Å². The van der Waals surface area contributed by atoms with Crippen LogP contribution in [0.3, 0.4) is 0 Å². The lowest BCUT2D eigenvalue weighted by atomic mass is 10.2. The van der Waals surface area contributed by atoms with Crippen LogP contribution in [-0.2, 0) is 11.3 Å². The van der Waals surface area contributed by atoms with Crippen molar-refractivity contribution >= 4 is 50.5 Å². The van der Waals surface area contributed by atoms with Crippen molar-refractivity contribution in [3.63, 3.8) is 0 Å². The van der Waals surface area contributed by atoms with E-state index in [0.29, 0.717) is 32.9 Å². The third-order valence-electron chi connectivity index (χ3n) is 5.33. The van der Waals surface area contributed by atoms with E-state index in [9.17, 15) is 9.59 Å². The number of methoxy groups -OCH3 is 1. The first-order valence-corrected chi connectivity index (χ1v) is 12.1. The van der Waals surface area contributed by atoms with Crippen LogP contribution in [0.25, 0.3) is 10.2 Å². The van der Waals surface area contributed by atoms with Crippen LogP contribution < -0.4 is 5.32 Å². The molecule has 170 valence electrons. The van der Waals surface area contributed by atoms with Gasteiger partial charge >= 0.3 is 5.97 Å². The van der Waals surface area contributed by atoms with Gasteiger partial charge in [0.25, 0.3) is 5.91 Å². The fourth-order valence-electron chi connectivity index (χ4n) is 3.39. The maximum atomic E-state index is 12.8. The number of ether oxygens (including phenoxy) is 1. The number of nitrogens with zero attached hydrogens (tertiary/aromatic N) is 3. The van der Waals surface area contributed by atoms with Crippen molar-refractivity contribution in [3.8, 4) is 0 Å². The number of hydrogen-bond acceptors (Lipinski definition) is 8. The number of nitrogens with one attached hydrogen (secondary N) is 1. The van der Waals surface area contributed by atoms with E-state index in [1.54, 1.807) is 35.6 Å². The number of thiophene rings is 1. The van der Waals surface area contributed by atoms with Crippen molar-refractivity contribution in [2.45, 2.75) is 26.4 Å². The quantitative estimate of drug-likeness (QED) is 0.362. The number of rotatable bonds is 7. The zero-order chi connectivity index (χ0) is 23.5. The first-order valence-electron chi connectivity index (χ1n) is 10.4. The van der Waals surface area contributed by atoms with Gasteiger partial charge in [0.15, 0.2) is 0 Å². The van der Waals surface area contributed by atoms with Gasteiger partial charge in [0.2, 0.25) is 0 Å². The molecule has 0 saturated heterocycles. The van der Waals surface area contributed by atoms with E-state index < -0.39 is 5.97 Å². The molecule has 0 aliphatic carbocycles. The van der Waals surface area contributed by atoms with Crippen LogP contribution in [0, 0.1) is 6.92 Å².